The zero-order valence-corrected chi connectivity index (χ0v) is 40.6. The predicted octanol–water partition coefficient (Wildman–Crippen LogP) is 13.3. The molecule has 4 N–H and O–H groups in total. The summed E-state index contributed by atoms with van der Waals surface area (Å²) in [7, 11) is -10.7. The minimum atomic E-state index is -5.51. The third-order valence-electron chi connectivity index (χ3n) is 11.8. The first-order valence-electron chi connectivity index (χ1n) is 20.6. The van der Waals surface area contributed by atoms with E-state index in [9.17, 15) is 24.6 Å². The summed E-state index contributed by atoms with van der Waals surface area (Å²) in [6.45, 7) is 37.3. The number of phenolic OH excluding ortho intramolecular Hbond substituents is 2. The molecule has 11 heteroatoms. The first kappa shape index (κ1) is 48.9. The first-order valence-corrected chi connectivity index (χ1v) is 23.5. The first-order chi connectivity index (χ1) is 26.4. The molecule has 2 aromatic rings. The number of phosphoric ester groups is 1. The van der Waals surface area contributed by atoms with Crippen molar-refractivity contribution in [1.82, 2.24) is 0 Å². The quantitative estimate of drug-likeness (QED) is 0.151. The number of hydrogen-bond donors (Lipinski definition) is 4. The molecule has 4 atom stereocenters. The van der Waals surface area contributed by atoms with Crippen molar-refractivity contribution in [3.05, 3.63) is 106 Å². The minimum absolute atomic E-state index is 0.121. The van der Waals surface area contributed by atoms with Crippen LogP contribution in [-0.4, -0.2) is 32.2 Å². The van der Waals surface area contributed by atoms with Gasteiger partial charge in [0.05, 0.1) is 0 Å². The summed E-state index contributed by atoms with van der Waals surface area (Å²) in [6, 6.07) is 14.5. The highest BCUT2D eigenvalue weighted by Gasteiger charge is 2.57. The number of para-hydroxylation sites is 2. The van der Waals surface area contributed by atoms with Gasteiger partial charge in [0.15, 0.2) is 0 Å². The van der Waals surface area contributed by atoms with Gasteiger partial charge in [0.1, 0.15) is 23.7 Å². The fourth-order valence-corrected chi connectivity index (χ4v) is 12.2. The van der Waals surface area contributed by atoms with Gasteiger partial charge in [0, 0.05) is 22.0 Å². The average Bonchev–Trinajstić information content (AvgIpc) is 3.01. The Kier molecular flexibility index (Phi) is 12.9. The summed E-state index contributed by atoms with van der Waals surface area (Å²) in [6.07, 6.45) is 5.18. The topological polar surface area (TPSA) is 143 Å². The van der Waals surface area contributed by atoms with Gasteiger partial charge >= 0.3 is 15.6 Å². The molecular weight excluding hydrogens is 782 g/mol. The Hall–Kier alpha value is -2.74. The van der Waals surface area contributed by atoms with Crippen LogP contribution < -0.4 is 0 Å². The number of rotatable bonds is 8. The lowest BCUT2D eigenvalue weighted by molar-refractivity contribution is 0.0971. The molecule has 0 saturated carbocycles. The number of aromatic hydroxyl groups is 2. The van der Waals surface area contributed by atoms with Crippen molar-refractivity contribution < 1.29 is 42.5 Å². The predicted molar refractivity (Wildman–Crippen MR) is 239 cm³/mol. The summed E-state index contributed by atoms with van der Waals surface area (Å²) < 4.78 is 46.6. The smallest absolute Gasteiger partial charge is 0.485 e. The molecule has 2 aliphatic rings. The van der Waals surface area contributed by atoms with Crippen molar-refractivity contribution in [2.45, 2.75) is 148 Å². The Bertz CT molecular complexity index is 1990. The highest BCUT2D eigenvalue weighted by molar-refractivity contribution is 7.61. The second kappa shape index (κ2) is 15.6. The number of phenols is 2. The van der Waals surface area contributed by atoms with Gasteiger partial charge in [-0.1, -0.05) is 185 Å². The third kappa shape index (κ3) is 9.38. The fourth-order valence-electron chi connectivity index (χ4n) is 9.90. The second-order valence-corrected chi connectivity index (χ2v) is 25.5. The molecule has 9 nitrogen and oxygen atoms in total. The monoisotopic (exact) mass is 854 g/mol. The molecular formula is C48H72O9P2. The highest BCUT2D eigenvalue weighted by Crippen LogP contribution is 2.68. The van der Waals surface area contributed by atoms with Crippen LogP contribution in [0.3, 0.4) is 0 Å². The lowest BCUT2D eigenvalue weighted by atomic mass is 9.50. The van der Waals surface area contributed by atoms with Crippen LogP contribution in [0.15, 0.2) is 95.1 Å². The van der Waals surface area contributed by atoms with Crippen LogP contribution in [-0.2, 0) is 33.3 Å². The van der Waals surface area contributed by atoms with Gasteiger partial charge < -0.3 is 20.0 Å². The van der Waals surface area contributed by atoms with Crippen LogP contribution in [0.5, 0.6) is 11.5 Å². The molecule has 4 rings (SSSR count). The van der Waals surface area contributed by atoms with Gasteiger partial charge in [-0.05, 0) is 66.9 Å². The van der Waals surface area contributed by atoms with Crippen LogP contribution in [0.25, 0.3) is 0 Å². The van der Waals surface area contributed by atoms with E-state index in [-0.39, 0.29) is 11.5 Å². The standard InChI is InChI=1S/C48H72O9P2/c1-41(2,3)37-35(27-29-47(45(13,14)15,39(37)43(7,8)9)31-23-19-21-25-33(31)49)55-59(54,57-58(51,52)53)56-36-28-30-48(46(16,17)18,32-24-20-22-26-34(32)50)40(44(10,11)12)38(36)42(4,5)6/h19-30,35-36,49-50H,1-18H3,(H2,51,52,53). The zero-order chi connectivity index (χ0) is 45.4. The minimum Gasteiger partial charge on any atom is -0.508 e. The van der Waals surface area contributed by atoms with Crippen molar-refractivity contribution in [3.63, 3.8) is 0 Å². The average molecular weight is 855 g/mol. The van der Waals surface area contributed by atoms with Gasteiger partial charge in [-0.2, -0.15) is 4.31 Å². The molecule has 2 aromatic carbocycles. The summed E-state index contributed by atoms with van der Waals surface area (Å²) >= 11 is 0. The van der Waals surface area contributed by atoms with E-state index in [1.165, 1.54) is 0 Å². The molecule has 0 aromatic heterocycles. The summed E-state index contributed by atoms with van der Waals surface area (Å²) in [5, 5.41) is 23.0. The summed E-state index contributed by atoms with van der Waals surface area (Å²) in [4.78, 5) is 20.8. The van der Waals surface area contributed by atoms with E-state index in [0.717, 1.165) is 22.3 Å². The number of hydrogen-bond acceptors (Lipinski definition) is 7. The second-order valence-electron chi connectivity index (χ2n) is 22.5. The van der Waals surface area contributed by atoms with E-state index in [1.807, 2.05) is 78.0 Å². The molecule has 0 fully saturated rings. The Morgan fingerprint density at radius 2 is 0.814 bits per heavy atom. The molecule has 59 heavy (non-hydrogen) atoms. The van der Waals surface area contributed by atoms with Gasteiger partial charge in [-0.3, -0.25) is 9.05 Å². The van der Waals surface area contributed by atoms with E-state index in [0.29, 0.717) is 11.1 Å². The van der Waals surface area contributed by atoms with Crippen molar-refractivity contribution in [2.75, 3.05) is 0 Å². The molecule has 0 saturated heterocycles. The van der Waals surface area contributed by atoms with Gasteiger partial charge in [-0.15, -0.1) is 0 Å². The van der Waals surface area contributed by atoms with Crippen LogP contribution in [0.4, 0.5) is 0 Å². The van der Waals surface area contributed by atoms with Gasteiger partial charge in [0.25, 0.3) is 0 Å². The van der Waals surface area contributed by atoms with Crippen molar-refractivity contribution >= 4 is 15.6 Å². The third-order valence-corrected chi connectivity index (χ3v) is 14.4. The largest absolute Gasteiger partial charge is 0.508 e. The molecule has 0 aliphatic heterocycles. The van der Waals surface area contributed by atoms with Crippen LogP contribution in [0.2, 0.25) is 0 Å². The van der Waals surface area contributed by atoms with Gasteiger partial charge in [-0.25, -0.2) is 9.13 Å². The lowest BCUT2D eigenvalue weighted by Gasteiger charge is -2.55. The highest BCUT2D eigenvalue weighted by atomic mass is 31.3. The van der Waals surface area contributed by atoms with E-state index >= 15 is 4.57 Å². The van der Waals surface area contributed by atoms with Crippen LogP contribution in [0.1, 0.15) is 136 Å². The molecule has 328 valence electrons. The van der Waals surface area contributed by atoms with Crippen molar-refractivity contribution in [2.24, 2.45) is 32.5 Å². The molecule has 0 bridgehead atoms. The fraction of sp³-hybridized carbons (Fsp3) is 0.583. The molecule has 2 aliphatic carbocycles. The molecule has 0 spiro atoms. The zero-order valence-electron chi connectivity index (χ0n) is 38.8. The SMILES string of the molecule is CC(C)(C)C1=C(C(C)(C)C)C(c2ccccc2O)(C(C)(C)C)C=CC1OP(=O)(OC1C=CC(c2ccccc2O)(C(C)(C)C)C(C(C)(C)C)=C1C(C)(C)C)OP(=O)(O)O. The van der Waals surface area contributed by atoms with Crippen molar-refractivity contribution in [3.8, 4) is 11.5 Å². The number of allylic oxidation sites excluding steroid dienone is 4. The van der Waals surface area contributed by atoms with E-state index in [4.69, 9.17) is 13.4 Å². The van der Waals surface area contributed by atoms with E-state index < -0.39 is 71.2 Å². The van der Waals surface area contributed by atoms with Crippen molar-refractivity contribution in [1.29, 1.82) is 0 Å². The molecule has 0 heterocycles. The maximum absolute atomic E-state index is 15.4. The Morgan fingerprint density at radius 1 is 0.508 bits per heavy atom. The molecule has 0 amide bonds. The summed E-state index contributed by atoms with van der Waals surface area (Å²) in [5.41, 5.74) is -0.712. The number of phosphoric acid groups is 2. The maximum atomic E-state index is 15.4. The van der Waals surface area contributed by atoms with E-state index in [2.05, 4.69) is 83.1 Å². The summed E-state index contributed by atoms with van der Waals surface area (Å²) in [5.74, 6) is 0.242. The Balaban J connectivity index is 2.08. The normalized spacial score (nSPS) is 25.1. The van der Waals surface area contributed by atoms with Crippen LogP contribution in [0, 0.1) is 32.5 Å². The van der Waals surface area contributed by atoms with E-state index in [1.54, 1.807) is 36.4 Å². The van der Waals surface area contributed by atoms with Gasteiger partial charge in [0.2, 0.25) is 0 Å². The number of benzene rings is 2. The lowest BCUT2D eigenvalue weighted by Crippen LogP contribution is -2.49. The van der Waals surface area contributed by atoms with Crippen LogP contribution >= 0.6 is 15.6 Å². The Morgan fingerprint density at radius 3 is 1.05 bits per heavy atom. The maximum Gasteiger partial charge on any atom is 0.485 e. The molecule has 0 radical (unpaired) electrons. The molecule has 4 unspecified atom stereocenters. The Labute approximate surface area is 354 Å².